The first-order chi connectivity index (χ1) is 11.6. The number of halogens is 2. The fourth-order valence-corrected chi connectivity index (χ4v) is 3.78. The maximum Gasteiger partial charge on any atom is 0.241 e. The minimum atomic E-state index is 0.0807. The molecule has 0 saturated carbocycles. The lowest BCUT2D eigenvalue weighted by Crippen LogP contribution is -2.28. The molecule has 0 unspecified atom stereocenters. The van der Waals surface area contributed by atoms with Crippen LogP contribution < -0.4 is 11.1 Å². The summed E-state index contributed by atoms with van der Waals surface area (Å²) in [5.74, 6) is 0.991. The number of benzene rings is 2. The number of rotatable bonds is 2. The Kier molecular flexibility index (Phi) is 4.05. The summed E-state index contributed by atoms with van der Waals surface area (Å²) < 4.78 is 4.00. The minimum Gasteiger partial charge on any atom is -0.366 e. The number of nitrogens with two attached hydrogens (primary N) is 1. The van der Waals surface area contributed by atoms with Crippen LogP contribution in [0.4, 0.5) is 11.9 Å². The molecule has 1 aliphatic heterocycles. The Bertz CT molecular complexity index is 875. The van der Waals surface area contributed by atoms with E-state index in [2.05, 4.69) is 83.7 Å². The third-order valence-corrected chi connectivity index (χ3v) is 5.23. The normalized spacial score (nSPS) is 19.6. The van der Waals surface area contributed by atoms with E-state index in [1.54, 1.807) is 0 Å². The minimum absolute atomic E-state index is 0.0807. The molecule has 2 atom stereocenters. The van der Waals surface area contributed by atoms with E-state index in [0.717, 1.165) is 15.4 Å². The standard InChI is InChI=1S/C17H15Br2N5/c18-12-6-4-10(5-7-12)14-9-15(11-2-1-3-13(19)8-11)24-17(21-14)22-16(20)23-24/h1-8,14-15H,9H2,(H3,20,21,22,23)/t14-,15-/m1/s1. The summed E-state index contributed by atoms with van der Waals surface area (Å²) in [6.07, 6.45) is 0.869. The second-order valence-corrected chi connectivity index (χ2v) is 7.62. The molecule has 3 aromatic rings. The van der Waals surface area contributed by atoms with Crippen LogP contribution in [0.5, 0.6) is 0 Å². The first-order valence-corrected chi connectivity index (χ1v) is 9.18. The number of fused-ring (bicyclic) bond motifs is 1. The molecule has 2 heterocycles. The zero-order valence-electron chi connectivity index (χ0n) is 12.7. The van der Waals surface area contributed by atoms with Crippen LogP contribution in [0.25, 0.3) is 0 Å². The van der Waals surface area contributed by atoms with Gasteiger partial charge < -0.3 is 11.1 Å². The van der Waals surface area contributed by atoms with E-state index < -0.39 is 0 Å². The van der Waals surface area contributed by atoms with Gasteiger partial charge in [0.15, 0.2) is 0 Å². The largest absolute Gasteiger partial charge is 0.366 e. The van der Waals surface area contributed by atoms with Crippen molar-refractivity contribution in [3.8, 4) is 0 Å². The lowest BCUT2D eigenvalue weighted by molar-refractivity contribution is 0.431. The summed E-state index contributed by atoms with van der Waals surface area (Å²) in [7, 11) is 0. The van der Waals surface area contributed by atoms with E-state index in [9.17, 15) is 0 Å². The molecule has 4 rings (SSSR count). The van der Waals surface area contributed by atoms with Gasteiger partial charge in [-0.1, -0.05) is 56.1 Å². The lowest BCUT2D eigenvalue weighted by Gasteiger charge is -2.31. The van der Waals surface area contributed by atoms with Gasteiger partial charge in [-0.3, -0.25) is 0 Å². The van der Waals surface area contributed by atoms with Crippen molar-refractivity contribution < 1.29 is 0 Å². The Labute approximate surface area is 156 Å². The smallest absolute Gasteiger partial charge is 0.241 e. The molecule has 0 bridgehead atoms. The summed E-state index contributed by atoms with van der Waals surface area (Å²) >= 11 is 7.04. The van der Waals surface area contributed by atoms with Crippen molar-refractivity contribution >= 4 is 43.8 Å². The van der Waals surface area contributed by atoms with Crippen LogP contribution in [-0.2, 0) is 0 Å². The molecule has 0 spiro atoms. The second-order valence-electron chi connectivity index (χ2n) is 5.79. The van der Waals surface area contributed by atoms with E-state index in [1.807, 2.05) is 16.8 Å². The van der Waals surface area contributed by atoms with Crippen molar-refractivity contribution in [1.82, 2.24) is 14.8 Å². The maximum absolute atomic E-state index is 5.83. The molecule has 0 aliphatic carbocycles. The van der Waals surface area contributed by atoms with E-state index >= 15 is 0 Å². The van der Waals surface area contributed by atoms with Crippen LogP contribution in [0.3, 0.4) is 0 Å². The fourth-order valence-electron chi connectivity index (χ4n) is 3.10. The number of nitrogens with one attached hydrogen (secondary N) is 1. The van der Waals surface area contributed by atoms with Gasteiger partial charge in [0.2, 0.25) is 11.9 Å². The van der Waals surface area contributed by atoms with Crippen molar-refractivity contribution in [3.05, 3.63) is 68.6 Å². The van der Waals surface area contributed by atoms with Crippen molar-refractivity contribution in [3.63, 3.8) is 0 Å². The summed E-state index contributed by atoms with van der Waals surface area (Å²) in [5.41, 5.74) is 8.23. The molecular formula is C17H15Br2N5. The van der Waals surface area contributed by atoms with Gasteiger partial charge in [-0.2, -0.15) is 4.98 Å². The van der Waals surface area contributed by atoms with Crippen molar-refractivity contribution in [2.45, 2.75) is 18.5 Å². The van der Waals surface area contributed by atoms with E-state index in [4.69, 9.17) is 5.73 Å². The average molecular weight is 449 g/mol. The first kappa shape index (κ1) is 15.7. The molecule has 5 nitrogen and oxygen atoms in total. The van der Waals surface area contributed by atoms with Crippen LogP contribution >= 0.6 is 31.9 Å². The Morgan fingerprint density at radius 2 is 1.83 bits per heavy atom. The van der Waals surface area contributed by atoms with Gasteiger partial charge >= 0.3 is 0 Å². The van der Waals surface area contributed by atoms with Gasteiger partial charge in [-0.05, 0) is 41.8 Å². The van der Waals surface area contributed by atoms with Gasteiger partial charge in [0.25, 0.3) is 0 Å². The van der Waals surface area contributed by atoms with E-state index in [1.165, 1.54) is 11.1 Å². The highest BCUT2D eigenvalue weighted by atomic mass is 79.9. The predicted molar refractivity (Wildman–Crippen MR) is 102 cm³/mol. The van der Waals surface area contributed by atoms with Gasteiger partial charge in [0, 0.05) is 8.95 Å². The molecule has 0 saturated heterocycles. The second kappa shape index (κ2) is 6.22. The third-order valence-electron chi connectivity index (χ3n) is 4.21. The van der Waals surface area contributed by atoms with Crippen LogP contribution in [0.2, 0.25) is 0 Å². The third kappa shape index (κ3) is 2.93. The quantitative estimate of drug-likeness (QED) is 0.604. The Hall–Kier alpha value is -1.86. The fraction of sp³-hybridized carbons (Fsp3) is 0.176. The van der Waals surface area contributed by atoms with Crippen molar-refractivity contribution in [2.24, 2.45) is 0 Å². The lowest BCUT2D eigenvalue weighted by atomic mass is 9.93. The molecule has 1 aromatic heterocycles. The SMILES string of the molecule is Nc1nc2n(n1)[C@@H](c1cccc(Br)c1)C[C@H](c1ccc(Br)cc1)N2. The van der Waals surface area contributed by atoms with Gasteiger partial charge in [0.1, 0.15) is 0 Å². The molecule has 0 amide bonds. The summed E-state index contributed by atoms with van der Waals surface area (Å²) in [4.78, 5) is 4.34. The zero-order chi connectivity index (χ0) is 16.7. The number of aromatic nitrogens is 3. The molecule has 0 radical (unpaired) electrons. The Morgan fingerprint density at radius 3 is 2.58 bits per heavy atom. The molecule has 7 heteroatoms. The molecule has 2 aromatic carbocycles. The summed E-state index contributed by atoms with van der Waals surface area (Å²) in [5, 5.41) is 7.83. The van der Waals surface area contributed by atoms with Crippen molar-refractivity contribution in [2.75, 3.05) is 11.1 Å². The monoisotopic (exact) mass is 447 g/mol. The Morgan fingerprint density at radius 1 is 1.04 bits per heavy atom. The predicted octanol–water partition coefficient (Wildman–Crippen LogP) is 4.53. The average Bonchev–Trinajstić information content (AvgIpc) is 2.94. The molecular weight excluding hydrogens is 434 g/mol. The summed E-state index contributed by atoms with van der Waals surface area (Å²) in [6, 6.07) is 16.9. The number of nitrogen functional groups attached to an aromatic ring is 1. The maximum atomic E-state index is 5.83. The van der Waals surface area contributed by atoms with Crippen LogP contribution in [0.1, 0.15) is 29.6 Å². The van der Waals surface area contributed by atoms with Crippen LogP contribution in [0, 0.1) is 0 Å². The first-order valence-electron chi connectivity index (χ1n) is 7.59. The molecule has 0 fully saturated rings. The van der Waals surface area contributed by atoms with E-state index in [0.29, 0.717) is 5.95 Å². The highest BCUT2D eigenvalue weighted by molar-refractivity contribution is 9.10. The number of hydrogen-bond donors (Lipinski definition) is 2. The zero-order valence-corrected chi connectivity index (χ0v) is 15.8. The highest BCUT2D eigenvalue weighted by Gasteiger charge is 2.30. The molecule has 1 aliphatic rings. The van der Waals surface area contributed by atoms with Gasteiger partial charge in [-0.15, -0.1) is 5.10 Å². The van der Waals surface area contributed by atoms with Gasteiger partial charge in [0.05, 0.1) is 12.1 Å². The van der Waals surface area contributed by atoms with Crippen LogP contribution in [0.15, 0.2) is 57.5 Å². The highest BCUT2D eigenvalue weighted by Crippen LogP contribution is 2.38. The molecule has 3 N–H and O–H groups in total. The number of nitrogens with zero attached hydrogens (tertiary/aromatic N) is 3. The van der Waals surface area contributed by atoms with E-state index in [-0.39, 0.29) is 18.0 Å². The topological polar surface area (TPSA) is 68.8 Å². The summed E-state index contributed by atoms with van der Waals surface area (Å²) in [6.45, 7) is 0. The Balaban J connectivity index is 1.76. The van der Waals surface area contributed by atoms with Crippen LogP contribution in [-0.4, -0.2) is 14.8 Å². The van der Waals surface area contributed by atoms with Crippen molar-refractivity contribution in [1.29, 1.82) is 0 Å². The van der Waals surface area contributed by atoms with Gasteiger partial charge in [-0.25, -0.2) is 4.68 Å². The number of hydrogen-bond acceptors (Lipinski definition) is 4. The molecule has 122 valence electrons. The molecule has 24 heavy (non-hydrogen) atoms. The number of anilines is 2.